The molecule has 0 aliphatic rings. The number of nitrogens with zero attached hydrogens (tertiary/aromatic N) is 3. The van der Waals surface area contributed by atoms with E-state index in [4.69, 9.17) is 11.6 Å². The summed E-state index contributed by atoms with van der Waals surface area (Å²) in [6, 6.07) is 7.31. The molecule has 10 heteroatoms. The quantitative estimate of drug-likeness (QED) is 0.646. The third kappa shape index (κ3) is 4.65. The number of halogens is 1. The molecule has 3 aromatic rings. The maximum Gasteiger partial charge on any atom is 0.273 e. The lowest BCUT2D eigenvalue weighted by atomic mass is 10.2. The molecule has 0 unspecified atom stereocenters. The number of benzene rings is 1. The van der Waals surface area contributed by atoms with E-state index in [0.717, 1.165) is 23.0 Å². The first-order chi connectivity index (χ1) is 12.0. The lowest BCUT2D eigenvalue weighted by molar-refractivity contribution is -0.113. The molecule has 1 aromatic carbocycles. The fraction of sp³-hybridized carbons (Fsp3) is 0.133. The van der Waals surface area contributed by atoms with Crippen molar-refractivity contribution in [2.45, 2.75) is 12.1 Å². The van der Waals surface area contributed by atoms with Gasteiger partial charge in [-0.05, 0) is 19.1 Å². The lowest BCUT2D eigenvalue weighted by Crippen LogP contribution is -2.17. The van der Waals surface area contributed by atoms with Crippen LogP contribution < -0.4 is 10.9 Å². The molecule has 25 heavy (non-hydrogen) atoms. The van der Waals surface area contributed by atoms with Crippen LogP contribution in [0, 0.1) is 6.92 Å². The van der Waals surface area contributed by atoms with Crippen molar-refractivity contribution < 1.29 is 4.79 Å². The van der Waals surface area contributed by atoms with Gasteiger partial charge in [0.2, 0.25) is 5.91 Å². The Labute approximate surface area is 155 Å². The second-order valence-electron chi connectivity index (χ2n) is 4.93. The predicted octanol–water partition coefficient (Wildman–Crippen LogP) is 2.98. The van der Waals surface area contributed by atoms with Gasteiger partial charge < -0.3 is 5.32 Å². The SMILES string of the molecule is Cc1nnc(SCC(=O)Nc2nc(-c3ccc(Cl)cc3)cs2)[nH]c1=O. The molecule has 0 aliphatic heterocycles. The van der Waals surface area contributed by atoms with Gasteiger partial charge in [0.1, 0.15) is 5.69 Å². The minimum atomic E-state index is -0.314. The average molecular weight is 394 g/mol. The standard InChI is InChI=1S/C15H12ClN5O2S2/c1-8-13(23)19-15(21-20-8)25-7-12(22)18-14-17-11(6-24-14)9-2-4-10(16)5-3-9/h2-6H,7H2,1H3,(H,17,18,22)(H,19,21,23). The van der Waals surface area contributed by atoms with E-state index in [-0.39, 0.29) is 22.9 Å². The van der Waals surface area contributed by atoms with E-state index in [1.165, 1.54) is 11.3 Å². The molecule has 3 rings (SSSR count). The number of aryl methyl sites for hydroxylation is 1. The number of rotatable bonds is 5. The van der Waals surface area contributed by atoms with Gasteiger partial charge in [0.15, 0.2) is 10.3 Å². The molecule has 2 N–H and O–H groups in total. The third-order valence-electron chi connectivity index (χ3n) is 3.07. The molecule has 0 radical (unpaired) electrons. The van der Waals surface area contributed by atoms with Crippen LogP contribution in [0.4, 0.5) is 5.13 Å². The largest absolute Gasteiger partial charge is 0.301 e. The Hall–Kier alpha value is -2.23. The average Bonchev–Trinajstić information content (AvgIpc) is 3.05. The topological polar surface area (TPSA) is 101 Å². The molecule has 0 atom stereocenters. The summed E-state index contributed by atoms with van der Waals surface area (Å²) in [5.41, 5.74) is 1.65. The Morgan fingerprint density at radius 1 is 1.32 bits per heavy atom. The van der Waals surface area contributed by atoms with Crippen LogP contribution in [0.25, 0.3) is 11.3 Å². The van der Waals surface area contributed by atoms with Gasteiger partial charge in [0, 0.05) is 16.0 Å². The molecule has 128 valence electrons. The summed E-state index contributed by atoms with van der Waals surface area (Å²) in [7, 11) is 0. The second-order valence-corrected chi connectivity index (χ2v) is 7.18. The first-order valence-electron chi connectivity index (χ1n) is 7.09. The molecule has 0 saturated carbocycles. The molecular weight excluding hydrogens is 382 g/mol. The van der Waals surface area contributed by atoms with Gasteiger partial charge >= 0.3 is 0 Å². The van der Waals surface area contributed by atoms with Crippen LogP contribution in [0.3, 0.4) is 0 Å². The monoisotopic (exact) mass is 393 g/mol. The van der Waals surface area contributed by atoms with Crippen LogP contribution in [0.1, 0.15) is 5.69 Å². The zero-order valence-electron chi connectivity index (χ0n) is 12.9. The smallest absolute Gasteiger partial charge is 0.273 e. The van der Waals surface area contributed by atoms with Crippen molar-refractivity contribution in [3.8, 4) is 11.3 Å². The van der Waals surface area contributed by atoms with E-state index >= 15 is 0 Å². The molecule has 2 aromatic heterocycles. The summed E-state index contributed by atoms with van der Waals surface area (Å²) >= 11 is 8.30. The van der Waals surface area contributed by atoms with Crippen molar-refractivity contribution in [3.05, 3.63) is 50.7 Å². The fourth-order valence-electron chi connectivity index (χ4n) is 1.82. The van der Waals surface area contributed by atoms with Gasteiger partial charge in [-0.1, -0.05) is 35.5 Å². The second kappa shape index (κ2) is 7.77. The molecule has 2 heterocycles. The summed E-state index contributed by atoms with van der Waals surface area (Å²) in [5, 5.41) is 13.6. The van der Waals surface area contributed by atoms with E-state index in [9.17, 15) is 9.59 Å². The van der Waals surface area contributed by atoms with E-state index in [2.05, 4.69) is 25.5 Å². The maximum absolute atomic E-state index is 12.0. The number of carbonyl (C=O) groups is 1. The van der Waals surface area contributed by atoms with Gasteiger partial charge in [0.05, 0.1) is 11.4 Å². The van der Waals surface area contributed by atoms with E-state index in [0.29, 0.717) is 15.3 Å². The number of hydrogen-bond donors (Lipinski definition) is 2. The van der Waals surface area contributed by atoms with Crippen molar-refractivity contribution in [1.29, 1.82) is 0 Å². The molecule has 1 amide bonds. The highest BCUT2D eigenvalue weighted by molar-refractivity contribution is 7.99. The van der Waals surface area contributed by atoms with Gasteiger partial charge in [-0.3, -0.25) is 14.6 Å². The van der Waals surface area contributed by atoms with Crippen molar-refractivity contribution >= 4 is 45.7 Å². The summed E-state index contributed by atoms with van der Waals surface area (Å²) in [6.45, 7) is 1.56. The van der Waals surface area contributed by atoms with Gasteiger partial charge in [-0.15, -0.1) is 21.5 Å². The number of amides is 1. The van der Waals surface area contributed by atoms with Gasteiger partial charge in [0.25, 0.3) is 5.56 Å². The van der Waals surface area contributed by atoms with Crippen molar-refractivity contribution in [2.75, 3.05) is 11.1 Å². The molecule has 0 bridgehead atoms. The summed E-state index contributed by atoms with van der Waals surface area (Å²) < 4.78 is 0. The Kier molecular flexibility index (Phi) is 5.47. The van der Waals surface area contributed by atoms with Crippen LogP contribution in [0.2, 0.25) is 5.02 Å². The van der Waals surface area contributed by atoms with Crippen molar-refractivity contribution in [3.63, 3.8) is 0 Å². The fourth-order valence-corrected chi connectivity index (χ4v) is 3.28. The van der Waals surface area contributed by atoms with E-state index in [1.807, 2.05) is 17.5 Å². The summed E-state index contributed by atoms with van der Waals surface area (Å²) in [5.74, 6) is -0.158. The number of aromatic nitrogens is 4. The lowest BCUT2D eigenvalue weighted by Gasteiger charge is -2.01. The Morgan fingerprint density at radius 3 is 2.80 bits per heavy atom. The Balaban J connectivity index is 1.58. The molecule has 0 saturated heterocycles. The van der Waals surface area contributed by atoms with Crippen LogP contribution in [-0.2, 0) is 4.79 Å². The Morgan fingerprint density at radius 2 is 2.08 bits per heavy atom. The van der Waals surface area contributed by atoms with Crippen LogP contribution in [0.15, 0.2) is 39.6 Å². The van der Waals surface area contributed by atoms with E-state index < -0.39 is 0 Å². The number of thiazole rings is 1. The number of hydrogen-bond acceptors (Lipinski definition) is 7. The van der Waals surface area contributed by atoms with Gasteiger partial charge in [-0.2, -0.15) is 0 Å². The maximum atomic E-state index is 12.0. The normalized spacial score (nSPS) is 10.6. The molecule has 0 aliphatic carbocycles. The molecular formula is C15H12ClN5O2S2. The number of carbonyl (C=O) groups excluding carboxylic acids is 1. The van der Waals surface area contributed by atoms with Crippen molar-refractivity contribution in [1.82, 2.24) is 20.2 Å². The molecule has 0 fully saturated rings. The third-order valence-corrected chi connectivity index (χ3v) is 4.94. The Bertz CT molecular complexity index is 955. The molecule has 7 nitrogen and oxygen atoms in total. The number of anilines is 1. The highest BCUT2D eigenvalue weighted by atomic mass is 35.5. The number of H-pyrrole nitrogens is 1. The zero-order chi connectivity index (χ0) is 17.8. The van der Waals surface area contributed by atoms with E-state index in [1.54, 1.807) is 19.1 Å². The number of nitrogens with one attached hydrogen (secondary N) is 2. The minimum absolute atomic E-state index is 0.0868. The summed E-state index contributed by atoms with van der Waals surface area (Å²) in [6.07, 6.45) is 0. The van der Waals surface area contributed by atoms with Crippen LogP contribution >= 0.6 is 34.7 Å². The minimum Gasteiger partial charge on any atom is -0.301 e. The first-order valence-corrected chi connectivity index (χ1v) is 9.33. The van der Waals surface area contributed by atoms with Crippen molar-refractivity contribution in [2.24, 2.45) is 0 Å². The van der Waals surface area contributed by atoms with Crippen LogP contribution in [0.5, 0.6) is 0 Å². The number of thioether (sulfide) groups is 1. The van der Waals surface area contributed by atoms with Gasteiger partial charge in [-0.25, -0.2) is 4.98 Å². The summed E-state index contributed by atoms with van der Waals surface area (Å²) in [4.78, 5) is 30.4. The first kappa shape index (κ1) is 17.6. The predicted molar refractivity (Wildman–Crippen MR) is 99.3 cm³/mol. The highest BCUT2D eigenvalue weighted by Crippen LogP contribution is 2.26. The molecule has 0 spiro atoms. The van der Waals surface area contributed by atoms with Crippen LogP contribution in [-0.4, -0.2) is 31.8 Å². The highest BCUT2D eigenvalue weighted by Gasteiger charge is 2.10. The number of aromatic amines is 1. The zero-order valence-corrected chi connectivity index (χ0v) is 15.3.